The van der Waals surface area contributed by atoms with Gasteiger partial charge in [0.25, 0.3) is 0 Å². The Morgan fingerprint density at radius 1 is 1.04 bits per heavy atom. The van der Waals surface area contributed by atoms with Gasteiger partial charge in [0.1, 0.15) is 0 Å². The summed E-state index contributed by atoms with van der Waals surface area (Å²) < 4.78 is 0. The Morgan fingerprint density at radius 2 is 1.67 bits per heavy atom. The standard InChI is InChI=1S/C21H25N3O2S/c1-4-13-27-19-8-6-5-7-18(19)23-21(26)15-24(3)14-20(25)22-17-11-9-16(2)10-12-17/h4-12H,1,13-15H2,2-3H3,(H,22,25)(H,23,26). The average Bonchev–Trinajstić information content (AvgIpc) is 2.62. The molecule has 0 aliphatic rings. The summed E-state index contributed by atoms with van der Waals surface area (Å²) in [5.74, 6) is 0.453. The molecule has 0 radical (unpaired) electrons. The third-order valence-electron chi connectivity index (χ3n) is 3.68. The number of para-hydroxylation sites is 1. The van der Waals surface area contributed by atoms with Crippen LogP contribution in [0, 0.1) is 6.92 Å². The largest absolute Gasteiger partial charge is 0.325 e. The fraction of sp³-hybridized carbons (Fsp3) is 0.238. The zero-order valence-corrected chi connectivity index (χ0v) is 16.5. The van der Waals surface area contributed by atoms with Crippen molar-refractivity contribution in [3.8, 4) is 0 Å². The minimum Gasteiger partial charge on any atom is -0.325 e. The van der Waals surface area contributed by atoms with E-state index >= 15 is 0 Å². The van der Waals surface area contributed by atoms with Crippen LogP contribution < -0.4 is 10.6 Å². The Kier molecular flexibility index (Phi) is 8.10. The van der Waals surface area contributed by atoms with E-state index in [1.54, 1.807) is 23.7 Å². The number of anilines is 2. The molecule has 142 valence electrons. The molecule has 27 heavy (non-hydrogen) atoms. The van der Waals surface area contributed by atoms with Gasteiger partial charge in [0.2, 0.25) is 11.8 Å². The van der Waals surface area contributed by atoms with E-state index in [0.29, 0.717) is 0 Å². The lowest BCUT2D eigenvalue weighted by Gasteiger charge is -2.17. The molecule has 0 aliphatic heterocycles. The van der Waals surface area contributed by atoms with E-state index in [1.165, 1.54) is 0 Å². The van der Waals surface area contributed by atoms with Gasteiger partial charge in [0.15, 0.2) is 0 Å². The van der Waals surface area contributed by atoms with Crippen molar-refractivity contribution < 1.29 is 9.59 Å². The van der Waals surface area contributed by atoms with Crippen LogP contribution in [0.1, 0.15) is 5.56 Å². The summed E-state index contributed by atoms with van der Waals surface area (Å²) >= 11 is 1.61. The van der Waals surface area contributed by atoms with E-state index in [2.05, 4.69) is 17.2 Å². The summed E-state index contributed by atoms with van der Waals surface area (Å²) in [7, 11) is 1.74. The predicted molar refractivity (Wildman–Crippen MR) is 113 cm³/mol. The Hall–Kier alpha value is -2.57. The molecule has 0 saturated heterocycles. The van der Waals surface area contributed by atoms with Gasteiger partial charge in [-0.05, 0) is 38.2 Å². The smallest absolute Gasteiger partial charge is 0.238 e. The predicted octanol–water partition coefficient (Wildman–Crippen LogP) is 3.78. The second kappa shape index (κ2) is 10.5. The molecule has 0 saturated carbocycles. The number of benzene rings is 2. The van der Waals surface area contributed by atoms with E-state index in [4.69, 9.17) is 0 Å². The number of thioether (sulfide) groups is 1. The maximum atomic E-state index is 12.3. The summed E-state index contributed by atoms with van der Waals surface area (Å²) in [5.41, 5.74) is 2.65. The van der Waals surface area contributed by atoms with Crippen molar-refractivity contribution in [2.24, 2.45) is 0 Å². The van der Waals surface area contributed by atoms with Crippen LogP contribution in [0.25, 0.3) is 0 Å². The molecule has 0 spiro atoms. The second-order valence-corrected chi connectivity index (χ2v) is 7.29. The van der Waals surface area contributed by atoms with E-state index in [9.17, 15) is 9.59 Å². The Balaban J connectivity index is 1.83. The first-order valence-electron chi connectivity index (χ1n) is 8.65. The molecule has 0 aromatic heterocycles. The van der Waals surface area contributed by atoms with Crippen LogP contribution in [0.4, 0.5) is 11.4 Å². The lowest BCUT2D eigenvalue weighted by Crippen LogP contribution is -2.36. The number of carbonyl (C=O) groups is 2. The Morgan fingerprint density at radius 3 is 2.33 bits per heavy atom. The van der Waals surface area contributed by atoms with Gasteiger partial charge >= 0.3 is 0 Å². The van der Waals surface area contributed by atoms with Crippen LogP contribution in [-0.2, 0) is 9.59 Å². The molecule has 2 aromatic carbocycles. The highest BCUT2D eigenvalue weighted by molar-refractivity contribution is 7.99. The first-order chi connectivity index (χ1) is 13.0. The summed E-state index contributed by atoms with van der Waals surface area (Å²) in [6, 6.07) is 15.2. The maximum Gasteiger partial charge on any atom is 0.238 e. The molecule has 2 N–H and O–H groups in total. The minimum absolute atomic E-state index is 0.127. The van der Waals surface area contributed by atoms with Crippen molar-refractivity contribution in [2.75, 3.05) is 36.5 Å². The van der Waals surface area contributed by atoms with Gasteiger partial charge in [-0.25, -0.2) is 0 Å². The highest BCUT2D eigenvalue weighted by atomic mass is 32.2. The fourth-order valence-electron chi connectivity index (χ4n) is 2.42. The number of amides is 2. The molecule has 0 aliphatic carbocycles. The molecule has 5 nitrogen and oxygen atoms in total. The van der Waals surface area contributed by atoms with Gasteiger partial charge in [-0.1, -0.05) is 35.9 Å². The molecule has 0 bridgehead atoms. The van der Waals surface area contributed by atoms with Crippen molar-refractivity contribution in [3.63, 3.8) is 0 Å². The average molecular weight is 384 g/mol. The monoisotopic (exact) mass is 383 g/mol. The van der Waals surface area contributed by atoms with E-state index in [1.807, 2.05) is 61.5 Å². The lowest BCUT2D eigenvalue weighted by molar-refractivity contribution is -0.119. The van der Waals surface area contributed by atoms with E-state index in [0.717, 1.165) is 27.6 Å². The number of nitrogens with zero attached hydrogens (tertiary/aromatic N) is 1. The van der Waals surface area contributed by atoms with Gasteiger partial charge in [0, 0.05) is 16.3 Å². The van der Waals surface area contributed by atoms with Crippen molar-refractivity contribution >= 4 is 35.0 Å². The summed E-state index contributed by atoms with van der Waals surface area (Å²) in [5, 5.41) is 5.74. The zero-order valence-electron chi connectivity index (χ0n) is 15.7. The van der Waals surface area contributed by atoms with Crippen LogP contribution in [-0.4, -0.2) is 42.6 Å². The van der Waals surface area contributed by atoms with Gasteiger partial charge in [-0.3, -0.25) is 14.5 Å². The van der Waals surface area contributed by atoms with E-state index < -0.39 is 0 Å². The molecular weight excluding hydrogens is 358 g/mol. The van der Waals surface area contributed by atoms with Crippen molar-refractivity contribution in [3.05, 3.63) is 66.7 Å². The molecule has 2 amide bonds. The number of carbonyl (C=O) groups excluding carboxylic acids is 2. The van der Waals surface area contributed by atoms with Crippen molar-refractivity contribution in [1.82, 2.24) is 4.90 Å². The summed E-state index contributed by atoms with van der Waals surface area (Å²) in [6.45, 7) is 5.97. The van der Waals surface area contributed by atoms with E-state index in [-0.39, 0.29) is 24.9 Å². The number of nitrogens with one attached hydrogen (secondary N) is 2. The SMILES string of the molecule is C=CCSc1ccccc1NC(=O)CN(C)CC(=O)Nc1ccc(C)cc1. The number of likely N-dealkylation sites (N-methyl/N-ethyl adjacent to an activating group) is 1. The minimum atomic E-state index is -0.160. The highest BCUT2D eigenvalue weighted by Crippen LogP contribution is 2.26. The maximum absolute atomic E-state index is 12.3. The number of aryl methyl sites for hydroxylation is 1. The van der Waals surface area contributed by atoms with Crippen molar-refractivity contribution in [1.29, 1.82) is 0 Å². The molecule has 0 atom stereocenters. The molecule has 0 heterocycles. The summed E-state index contributed by atoms with van der Waals surface area (Å²) in [4.78, 5) is 27.1. The first-order valence-corrected chi connectivity index (χ1v) is 9.64. The fourth-order valence-corrected chi connectivity index (χ4v) is 3.16. The van der Waals surface area contributed by atoms with Gasteiger partial charge < -0.3 is 10.6 Å². The number of hydrogen-bond acceptors (Lipinski definition) is 4. The van der Waals surface area contributed by atoms with Crippen LogP contribution in [0.2, 0.25) is 0 Å². The molecule has 0 fully saturated rings. The number of rotatable bonds is 9. The van der Waals surface area contributed by atoms with Crippen LogP contribution in [0.15, 0.2) is 66.1 Å². The molecule has 2 aromatic rings. The van der Waals surface area contributed by atoms with Crippen molar-refractivity contribution in [2.45, 2.75) is 11.8 Å². The van der Waals surface area contributed by atoms with Gasteiger partial charge in [-0.2, -0.15) is 0 Å². The molecule has 2 rings (SSSR count). The van der Waals surface area contributed by atoms with Crippen LogP contribution >= 0.6 is 11.8 Å². The quantitative estimate of drug-likeness (QED) is 0.511. The topological polar surface area (TPSA) is 61.4 Å². The van der Waals surface area contributed by atoms with Gasteiger partial charge in [0.05, 0.1) is 18.8 Å². The van der Waals surface area contributed by atoms with Crippen LogP contribution in [0.3, 0.4) is 0 Å². The molecule has 0 unspecified atom stereocenters. The Labute approximate surface area is 164 Å². The number of hydrogen-bond donors (Lipinski definition) is 2. The lowest BCUT2D eigenvalue weighted by atomic mass is 10.2. The molecular formula is C21H25N3O2S. The normalized spacial score (nSPS) is 10.5. The first kappa shape index (κ1) is 20.7. The van der Waals surface area contributed by atoms with Crippen LogP contribution in [0.5, 0.6) is 0 Å². The molecule has 6 heteroatoms. The highest BCUT2D eigenvalue weighted by Gasteiger charge is 2.12. The Bertz CT molecular complexity index is 790. The zero-order chi connectivity index (χ0) is 19.6. The van der Waals surface area contributed by atoms with Gasteiger partial charge in [-0.15, -0.1) is 18.3 Å². The third kappa shape index (κ3) is 7.29. The second-order valence-electron chi connectivity index (χ2n) is 6.23. The third-order valence-corrected chi connectivity index (χ3v) is 4.75. The summed E-state index contributed by atoms with van der Waals surface area (Å²) in [6.07, 6.45) is 1.82.